The molecule has 0 radical (unpaired) electrons. The highest BCUT2D eigenvalue weighted by Gasteiger charge is 1.99. The average molecular weight is 247 g/mol. The van der Waals surface area contributed by atoms with Crippen molar-refractivity contribution in [2.45, 2.75) is 40.0 Å². The minimum atomic E-state index is 0.287. The SMILES string of the molecule is [2H]C/C=C(\C)c1ccc(OCCCC(=O)CC)cc1. The largest absolute Gasteiger partial charge is 0.494 e. The maximum absolute atomic E-state index is 11.1. The van der Waals surface area contributed by atoms with Gasteiger partial charge in [-0.2, -0.15) is 0 Å². The van der Waals surface area contributed by atoms with E-state index < -0.39 is 0 Å². The van der Waals surface area contributed by atoms with E-state index >= 15 is 0 Å². The molecule has 0 heterocycles. The Morgan fingerprint density at radius 3 is 2.72 bits per heavy atom. The predicted octanol–water partition coefficient (Wildman–Crippen LogP) is 4.25. The maximum atomic E-state index is 11.1. The van der Waals surface area contributed by atoms with Gasteiger partial charge >= 0.3 is 0 Å². The summed E-state index contributed by atoms with van der Waals surface area (Å²) in [4.78, 5) is 11.1. The van der Waals surface area contributed by atoms with E-state index in [0.29, 0.717) is 26.3 Å². The van der Waals surface area contributed by atoms with Gasteiger partial charge < -0.3 is 4.74 Å². The quantitative estimate of drug-likeness (QED) is 0.673. The second kappa shape index (κ2) is 7.70. The number of allylic oxidation sites excluding steroid dienone is 2. The van der Waals surface area contributed by atoms with E-state index in [1.165, 1.54) is 0 Å². The molecule has 1 aromatic carbocycles. The minimum Gasteiger partial charge on any atom is -0.494 e. The Kier molecular flexibility index (Phi) is 5.51. The molecule has 98 valence electrons. The molecule has 0 fully saturated rings. The fourth-order valence-electron chi connectivity index (χ4n) is 1.57. The number of hydrogen-bond acceptors (Lipinski definition) is 2. The zero-order valence-electron chi connectivity index (χ0n) is 12.2. The highest BCUT2D eigenvalue weighted by atomic mass is 16.5. The van der Waals surface area contributed by atoms with E-state index in [-0.39, 0.29) is 5.78 Å². The van der Waals surface area contributed by atoms with E-state index in [4.69, 9.17) is 6.11 Å². The van der Waals surface area contributed by atoms with Gasteiger partial charge in [-0.05, 0) is 43.5 Å². The van der Waals surface area contributed by atoms with Crippen LogP contribution in [-0.4, -0.2) is 12.4 Å². The maximum Gasteiger partial charge on any atom is 0.132 e. The third-order valence-electron chi connectivity index (χ3n) is 2.88. The predicted molar refractivity (Wildman–Crippen MR) is 75.8 cm³/mol. The van der Waals surface area contributed by atoms with Crippen LogP contribution in [0.25, 0.3) is 5.57 Å². The Balaban J connectivity index is 2.40. The highest BCUT2D eigenvalue weighted by molar-refractivity contribution is 5.77. The highest BCUT2D eigenvalue weighted by Crippen LogP contribution is 2.18. The van der Waals surface area contributed by atoms with Gasteiger partial charge in [-0.15, -0.1) is 0 Å². The molecule has 0 saturated heterocycles. The number of Topliss-reactive ketones (excluding diaryl/α,β-unsaturated/α-hetero) is 1. The van der Waals surface area contributed by atoms with Gasteiger partial charge in [0.05, 0.1) is 6.61 Å². The van der Waals surface area contributed by atoms with Crippen molar-refractivity contribution in [3.8, 4) is 5.75 Å². The Hall–Kier alpha value is -1.57. The topological polar surface area (TPSA) is 26.3 Å². The number of ketones is 1. The molecule has 0 aliphatic carbocycles. The van der Waals surface area contributed by atoms with Gasteiger partial charge in [-0.25, -0.2) is 0 Å². The van der Waals surface area contributed by atoms with Gasteiger partial charge in [-0.1, -0.05) is 25.1 Å². The fourth-order valence-corrected chi connectivity index (χ4v) is 1.57. The zero-order chi connectivity index (χ0) is 14.1. The van der Waals surface area contributed by atoms with Gasteiger partial charge in [0.2, 0.25) is 0 Å². The van der Waals surface area contributed by atoms with Crippen LogP contribution in [0.5, 0.6) is 5.75 Å². The van der Waals surface area contributed by atoms with Gasteiger partial charge in [0.15, 0.2) is 0 Å². The van der Waals surface area contributed by atoms with Crippen molar-refractivity contribution in [1.29, 1.82) is 0 Å². The Morgan fingerprint density at radius 1 is 1.39 bits per heavy atom. The average Bonchev–Trinajstić information content (AvgIpc) is 2.44. The monoisotopic (exact) mass is 247 g/mol. The zero-order valence-corrected chi connectivity index (χ0v) is 11.2. The molecule has 0 saturated carbocycles. The Morgan fingerprint density at radius 2 is 2.11 bits per heavy atom. The molecule has 1 rings (SSSR count). The molecule has 0 unspecified atom stereocenters. The molecule has 18 heavy (non-hydrogen) atoms. The van der Waals surface area contributed by atoms with E-state index in [2.05, 4.69) is 0 Å². The number of carbonyl (C=O) groups is 1. The lowest BCUT2D eigenvalue weighted by Gasteiger charge is -2.07. The minimum absolute atomic E-state index is 0.287. The molecule has 0 aliphatic rings. The van der Waals surface area contributed by atoms with Crippen LogP contribution in [0, 0.1) is 0 Å². The molecule has 0 atom stereocenters. The van der Waals surface area contributed by atoms with Crippen molar-refractivity contribution in [1.82, 2.24) is 0 Å². The van der Waals surface area contributed by atoms with E-state index in [1.807, 2.05) is 44.2 Å². The number of ether oxygens (including phenoxy) is 1. The molecular weight excluding hydrogens is 224 g/mol. The summed E-state index contributed by atoms with van der Waals surface area (Å²) in [6, 6.07) is 7.85. The summed E-state index contributed by atoms with van der Waals surface area (Å²) in [5.41, 5.74) is 2.22. The third-order valence-corrected chi connectivity index (χ3v) is 2.88. The van der Waals surface area contributed by atoms with Crippen LogP contribution in [0.1, 0.15) is 46.9 Å². The lowest BCUT2D eigenvalue weighted by Crippen LogP contribution is -2.02. The molecule has 2 nitrogen and oxygen atoms in total. The molecule has 0 aliphatic heterocycles. The molecule has 1 aromatic rings. The molecule has 0 N–H and O–H groups in total. The molecule has 0 spiro atoms. The third kappa shape index (κ3) is 4.74. The van der Waals surface area contributed by atoms with Crippen LogP contribution in [0.2, 0.25) is 0 Å². The van der Waals surface area contributed by atoms with Crippen LogP contribution in [0.15, 0.2) is 30.3 Å². The molecule has 0 aromatic heterocycles. The second-order valence-electron chi connectivity index (χ2n) is 4.26. The molecule has 2 heteroatoms. The van der Waals surface area contributed by atoms with Crippen LogP contribution >= 0.6 is 0 Å². The van der Waals surface area contributed by atoms with Crippen molar-refractivity contribution in [2.24, 2.45) is 0 Å². The number of hydrogen-bond donors (Lipinski definition) is 0. The smallest absolute Gasteiger partial charge is 0.132 e. The standard InChI is InChI=1S/C16H22O2/c1-4-13(3)14-8-10-16(11-9-14)18-12-6-7-15(17)5-2/h4,8-11H,5-7,12H2,1-3H3/b13-4+/i1D. The van der Waals surface area contributed by atoms with E-state index in [9.17, 15) is 4.79 Å². The van der Waals surface area contributed by atoms with Crippen molar-refractivity contribution >= 4 is 11.4 Å². The van der Waals surface area contributed by atoms with Crippen LogP contribution in [0.4, 0.5) is 0 Å². The Bertz CT molecular complexity index is 421. The van der Waals surface area contributed by atoms with Gasteiger partial charge in [0, 0.05) is 14.2 Å². The first-order valence-electron chi connectivity index (χ1n) is 7.09. The summed E-state index contributed by atoms with van der Waals surface area (Å²) in [5.74, 6) is 1.11. The lowest BCUT2D eigenvalue weighted by atomic mass is 10.1. The van der Waals surface area contributed by atoms with Crippen molar-refractivity contribution < 1.29 is 10.9 Å². The molecule has 0 bridgehead atoms. The van der Waals surface area contributed by atoms with Crippen molar-refractivity contribution in [2.75, 3.05) is 6.61 Å². The molecular formula is C16H22O2. The summed E-state index contributed by atoms with van der Waals surface area (Å²) in [5, 5.41) is 0. The van der Waals surface area contributed by atoms with Gasteiger partial charge in [0.25, 0.3) is 0 Å². The number of carbonyl (C=O) groups excluding carboxylic acids is 1. The summed E-state index contributed by atoms with van der Waals surface area (Å²) in [7, 11) is 0. The summed E-state index contributed by atoms with van der Waals surface area (Å²) in [6.45, 7) is 4.76. The summed E-state index contributed by atoms with van der Waals surface area (Å²) < 4.78 is 12.7. The van der Waals surface area contributed by atoms with Gasteiger partial charge in [-0.3, -0.25) is 4.79 Å². The lowest BCUT2D eigenvalue weighted by molar-refractivity contribution is -0.118. The second-order valence-corrected chi connectivity index (χ2v) is 4.26. The van der Waals surface area contributed by atoms with Crippen molar-refractivity contribution in [3.05, 3.63) is 35.9 Å². The van der Waals surface area contributed by atoms with Gasteiger partial charge in [0.1, 0.15) is 11.5 Å². The van der Waals surface area contributed by atoms with Crippen LogP contribution in [-0.2, 0) is 4.79 Å². The number of benzene rings is 1. The molecule has 0 amide bonds. The normalized spacial score (nSPS) is 12.1. The summed E-state index contributed by atoms with van der Waals surface area (Å²) >= 11 is 0. The summed E-state index contributed by atoms with van der Waals surface area (Å²) in [6.07, 6.45) is 3.86. The van der Waals surface area contributed by atoms with Crippen molar-refractivity contribution in [3.63, 3.8) is 0 Å². The Labute approximate surface area is 111 Å². The van der Waals surface area contributed by atoms with Crippen LogP contribution in [0.3, 0.4) is 0 Å². The first kappa shape index (κ1) is 12.9. The first-order chi connectivity index (χ1) is 9.17. The van der Waals surface area contributed by atoms with E-state index in [0.717, 1.165) is 23.3 Å². The number of rotatable bonds is 7. The van der Waals surface area contributed by atoms with Crippen LogP contribution < -0.4 is 4.74 Å². The fraction of sp³-hybridized carbons (Fsp3) is 0.438. The first-order valence-corrected chi connectivity index (χ1v) is 6.38. The van der Waals surface area contributed by atoms with E-state index in [1.54, 1.807) is 0 Å².